The van der Waals surface area contributed by atoms with Crippen molar-refractivity contribution in [2.45, 2.75) is 110 Å². The van der Waals surface area contributed by atoms with E-state index in [1.54, 1.807) is 0 Å². The molecule has 0 heterocycles. The monoisotopic (exact) mass is 416 g/mol. The van der Waals surface area contributed by atoms with E-state index >= 15 is 0 Å². The second-order valence-corrected chi connectivity index (χ2v) is 11.3. The van der Waals surface area contributed by atoms with E-state index in [0.29, 0.717) is 18.3 Å². The Hall–Kier alpha value is -0.900. The molecule has 0 amide bonds. The van der Waals surface area contributed by atoms with Crippen molar-refractivity contribution in [3.8, 4) is 0 Å². The zero-order chi connectivity index (χ0) is 22.1. The standard InChI is InChI=1S/C27H44O3/c1-18(2)15-23(29)17-27(5,30)25-13-12-24-20(7-6-14-26(24,25)4)9-10-21-16-22(28)11-8-19(21)3/h9-10,18,22-25,28-30H,3,6-8,11-17H2,1-2,4-5H3/b20-9+,21-10-/t22-,23?,24+,25+,26+,27-/m1/s1. The zero-order valence-corrected chi connectivity index (χ0v) is 19.7. The average Bonchev–Trinajstić information content (AvgIpc) is 2.99. The van der Waals surface area contributed by atoms with Gasteiger partial charge in [-0.05, 0) is 93.5 Å². The fourth-order valence-corrected chi connectivity index (χ4v) is 6.90. The van der Waals surface area contributed by atoms with Gasteiger partial charge in [-0.25, -0.2) is 0 Å². The Balaban J connectivity index is 1.77. The molecule has 3 saturated carbocycles. The summed E-state index contributed by atoms with van der Waals surface area (Å²) in [4.78, 5) is 0. The van der Waals surface area contributed by atoms with Gasteiger partial charge in [-0.2, -0.15) is 0 Å². The minimum atomic E-state index is -0.833. The second-order valence-electron chi connectivity index (χ2n) is 11.3. The van der Waals surface area contributed by atoms with E-state index in [4.69, 9.17) is 0 Å². The predicted molar refractivity (Wildman–Crippen MR) is 124 cm³/mol. The van der Waals surface area contributed by atoms with E-state index in [0.717, 1.165) is 57.8 Å². The van der Waals surface area contributed by atoms with Crippen LogP contribution in [0.2, 0.25) is 0 Å². The molecule has 0 radical (unpaired) electrons. The summed E-state index contributed by atoms with van der Waals surface area (Å²) >= 11 is 0. The molecule has 0 aromatic heterocycles. The molecule has 170 valence electrons. The molecule has 6 atom stereocenters. The highest BCUT2D eigenvalue weighted by atomic mass is 16.3. The Morgan fingerprint density at radius 1 is 1.20 bits per heavy atom. The molecule has 30 heavy (non-hydrogen) atoms. The lowest BCUT2D eigenvalue weighted by molar-refractivity contribution is -0.0867. The highest BCUT2D eigenvalue weighted by Gasteiger charge is 2.55. The largest absolute Gasteiger partial charge is 0.393 e. The maximum atomic E-state index is 11.5. The molecule has 3 nitrogen and oxygen atoms in total. The van der Waals surface area contributed by atoms with E-state index in [1.807, 2.05) is 6.92 Å². The summed E-state index contributed by atoms with van der Waals surface area (Å²) in [5.74, 6) is 1.16. The summed E-state index contributed by atoms with van der Waals surface area (Å²) in [6, 6.07) is 0. The Morgan fingerprint density at radius 2 is 1.93 bits per heavy atom. The lowest BCUT2D eigenvalue weighted by Crippen LogP contribution is -2.47. The van der Waals surface area contributed by atoms with Gasteiger partial charge in [0, 0.05) is 6.42 Å². The van der Waals surface area contributed by atoms with Gasteiger partial charge in [0.15, 0.2) is 0 Å². The third-order valence-corrected chi connectivity index (χ3v) is 8.30. The first-order chi connectivity index (χ1) is 14.0. The van der Waals surface area contributed by atoms with Crippen molar-refractivity contribution in [1.82, 2.24) is 0 Å². The van der Waals surface area contributed by atoms with Crippen molar-refractivity contribution < 1.29 is 15.3 Å². The fraction of sp³-hybridized carbons (Fsp3) is 0.778. The SMILES string of the molecule is C=C1CC[C@@H](O)C/C1=C/C=C1\CCC[C@@]2(C)[C@H]1CC[C@@H]2[C@](C)(O)CC(O)CC(C)C. The summed E-state index contributed by atoms with van der Waals surface area (Å²) in [6.45, 7) is 12.8. The number of allylic oxidation sites excluding steroid dienone is 4. The van der Waals surface area contributed by atoms with Gasteiger partial charge in [-0.3, -0.25) is 0 Å². The third-order valence-electron chi connectivity index (χ3n) is 8.30. The summed E-state index contributed by atoms with van der Waals surface area (Å²) in [5.41, 5.74) is 3.13. The molecule has 0 saturated heterocycles. The first kappa shape index (κ1) is 23.8. The molecule has 1 unspecified atom stereocenters. The van der Waals surface area contributed by atoms with Gasteiger partial charge in [-0.1, -0.05) is 50.6 Å². The molecule has 0 aromatic rings. The van der Waals surface area contributed by atoms with Crippen LogP contribution in [0.1, 0.15) is 91.9 Å². The Bertz CT molecular complexity index is 686. The van der Waals surface area contributed by atoms with Crippen molar-refractivity contribution in [1.29, 1.82) is 0 Å². The van der Waals surface area contributed by atoms with Gasteiger partial charge in [0.1, 0.15) is 0 Å². The molecule has 3 aliphatic rings. The highest BCUT2D eigenvalue weighted by Crippen LogP contribution is 2.60. The number of fused-ring (bicyclic) bond motifs is 1. The van der Waals surface area contributed by atoms with Crippen LogP contribution in [-0.2, 0) is 0 Å². The van der Waals surface area contributed by atoms with Crippen LogP contribution < -0.4 is 0 Å². The third kappa shape index (κ3) is 5.11. The summed E-state index contributed by atoms with van der Waals surface area (Å²) < 4.78 is 0. The number of rotatable bonds is 6. The highest BCUT2D eigenvalue weighted by molar-refractivity contribution is 5.36. The van der Waals surface area contributed by atoms with Crippen LogP contribution in [0.5, 0.6) is 0 Å². The number of hydrogen-bond acceptors (Lipinski definition) is 3. The van der Waals surface area contributed by atoms with Crippen molar-refractivity contribution in [2.75, 3.05) is 0 Å². The molecule has 3 N–H and O–H groups in total. The van der Waals surface area contributed by atoms with E-state index in [1.165, 1.54) is 16.7 Å². The van der Waals surface area contributed by atoms with Crippen LogP contribution in [0.25, 0.3) is 0 Å². The quantitative estimate of drug-likeness (QED) is 0.520. The molecule has 3 rings (SSSR count). The van der Waals surface area contributed by atoms with Crippen molar-refractivity contribution in [3.05, 3.63) is 35.5 Å². The summed E-state index contributed by atoms with van der Waals surface area (Å²) in [5, 5.41) is 32.0. The minimum absolute atomic E-state index is 0.0900. The fourth-order valence-electron chi connectivity index (χ4n) is 6.90. The van der Waals surface area contributed by atoms with E-state index in [-0.39, 0.29) is 17.4 Å². The van der Waals surface area contributed by atoms with Gasteiger partial charge >= 0.3 is 0 Å². The molecular formula is C27H44O3. The normalized spacial score (nSPS) is 38.1. The lowest BCUT2D eigenvalue weighted by atomic mass is 9.59. The first-order valence-electron chi connectivity index (χ1n) is 12.2. The molecule has 0 bridgehead atoms. The molecule has 0 aliphatic heterocycles. The molecule has 3 fully saturated rings. The Morgan fingerprint density at radius 3 is 2.63 bits per heavy atom. The van der Waals surface area contributed by atoms with E-state index in [2.05, 4.69) is 39.5 Å². The maximum Gasteiger partial charge on any atom is 0.0677 e. The number of hydrogen-bond donors (Lipinski definition) is 3. The topological polar surface area (TPSA) is 60.7 Å². The van der Waals surface area contributed by atoms with Gasteiger partial charge in [0.2, 0.25) is 0 Å². The predicted octanol–water partition coefficient (Wildman–Crippen LogP) is 5.70. The molecular weight excluding hydrogens is 372 g/mol. The smallest absolute Gasteiger partial charge is 0.0677 e. The second kappa shape index (κ2) is 9.30. The van der Waals surface area contributed by atoms with Crippen LogP contribution in [0.3, 0.4) is 0 Å². The average molecular weight is 417 g/mol. The molecule has 0 aromatic carbocycles. The number of aliphatic hydroxyl groups is 3. The first-order valence-corrected chi connectivity index (χ1v) is 12.2. The van der Waals surface area contributed by atoms with Gasteiger partial charge in [0.25, 0.3) is 0 Å². The summed E-state index contributed by atoms with van der Waals surface area (Å²) in [6.07, 6.45) is 13.1. The van der Waals surface area contributed by atoms with E-state index < -0.39 is 11.7 Å². The van der Waals surface area contributed by atoms with Crippen molar-refractivity contribution >= 4 is 0 Å². The Labute approximate surface area is 184 Å². The van der Waals surface area contributed by atoms with Gasteiger partial charge < -0.3 is 15.3 Å². The molecule has 0 spiro atoms. The van der Waals surface area contributed by atoms with Crippen LogP contribution in [-0.4, -0.2) is 33.1 Å². The van der Waals surface area contributed by atoms with E-state index in [9.17, 15) is 15.3 Å². The lowest BCUT2D eigenvalue weighted by Gasteiger charge is -2.47. The minimum Gasteiger partial charge on any atom is -0.393 e. The van der Waals surface area contributed by atoms with Crippen molar-refractivity contribution in [3.63, 3.8) is 0 Å². The van der Waals surface area contributed by atoms with Crippen LogP contribution >= 0.6 is 0 Å². The molecule has 3 heteroatoms. The Kier molecular flexibility index (Phi) is 7.37. The van der Waals surface area contributed by atoms with Crippen molar-refractivity contribution in [2.24, 2.45) is 23.2 Å². The van der Waals surface area contributed by atoms with Crippen LogP contribution in [0.4, 0.5) is 0 Å². The number of aliphatic hydroxyl groups excluding tert-OH is 2. The molecule has 3 aliphatic carbocycles. The van der Waals surface area contributed by atoms with Crippen LogP contribution in [0.15, 0.2) is 35.5 Å². The zero-order valence-electron chi connectivity index (χ0n) is 19.7. The summed E-state index contributed by atoms with van der Waals surface area (Å²) in [7, 11) is 0. The van der Waals surface area contributed by atoms with Gasteiger partial charge in [-0.15, -0.1) is 0 Å². The van der Waals surface area contributed by atoms with Gasteiger partial charge in [0.05, 0.1) is 17.8 Å². The maximum absolute atomic E-state index is 11.5. The van der Waals surface area contributed by atoms with Crippen LogP contribution in [0, 0.1) is 23.2 Å².